The molecule has 8 heteroatoms. The number of rotatable bonds is 11. The van der Waals surface area contributed by atoms with E-state index in [1.54, 1.807) is 0 Å². The van der Waals surface area contributed by atoms with Crippen LogP contribution in [0.5, 0.6) is 28.9 Å². The molecule has 7 nitrogen and oxygen atoms in total. The van der Waals surface area contributed by atoms with Crippen LogP contribution in [0.2, 0.25) is 0 Å². The molecule has 208 valence electrons. The number of hydrogen-bond donors (Lipinski definition) is 2. The van der Waals surface area contributed by atoms with Gasteiger partial charge in [-0.15, -0.1) is 0 Å². The molecule has 0 aliphatic rings. The van der Waals surface area contributed by atoms with E-state index in [9.17, 15) is 9.90 Å². The molecule has 6 rings (SSSR count). The Morgan fingerprint density at radius 1 is 0.829 bits per heavy atom. The number of para-hydroxylation sites is 1. The zero-order valence-corrected chi connectivity index (χ0v) is 23.3. The van der Waals surface area contributed by atoms with Gasteiger partial charge in [-0.1, -0.05) is 55.0 Å². The minimum Gasteiger partial charge on any atom is -0.493 e. The van der Waals surface area contributed by atoms with Crippen LogP contribution in [-0.2, 0) is 6.42 Å². The quantitative estimate of drug-likeness (QED) is 0.153. The summed E-state index contributed by atoms with van der Waals surface area (Å²) in [6.07, 6.45) is 2.55. The maximum Gasteiger partial charge on any atom is 0.307 e. The lowest BCUT2D eigenvalue weighted by Gasteiger charge is -2.14. The first-order valence-electron chi connectivity index (χ1n) is 13.6. The fraction of sp³-hybridized carbons (Fsp3) is 0.182. The highest BCUT2D eigenvalue weighted by Gasteiger charge is 2.12. The molecule has 41 heavy (non-hydrogen) atoms. The van der Waals surface area contributed by atoms with Crippen LogP contribution < -0.4 is 19.1 Å². The van der Waals surface area contributed by atoms with Crippen molar-refractivity contribution in [3.05, 3.63) is 100 Å². The molecule has 0 unspecified atom stereocenters. The van der Waals surface area contributed by atoms with Crippen molar-refractivity contribution in [1.29, 1.82) is 0 Å². The summed E-state index contributed by atoms with van der Waals surface area (Å²) in [7, 11) is 0. The summed E-state index contributed by atoms with van der Waals surface area (Å²) in [6.45, 7) is 3.11. The van der Waals surface area contributed by atoms with Gasteiger partial charge in [0.1, 0.15) is 34.2 Å². The number of nitrogens with one attached hydrogen (secondary N) is 1. The Morgan fingerprint density at radius 2 is 1.63 bits per heavy atom. The Balaban J connectivity index is 1.07. The highest BCUT2D eigenvalue weighted by molar-refractivity contribution is 7.13. The highest BCUT2D eigenvalue weighted by Crippen LogP contribution is 2.35. The standard InChI is InChI=1S/C33H29NO6S/c1-2-7-21-18-24(39-25-13-15-30-27(20-25)26-10-3-4-11-29(26)40-30)12-14-28(21)38-17-6-16-37-23-9-5-8-22(19-23)31-32(35)34-33(36)41-31/h3-5,8-15,18-20,35H,2,6-7,16-17H2,1H3,(H,34,36). The molecule has 2 heterocycles. The molecule has 0 saturated heterocycles. The molecule has 6 aromatic rings. The van der Waals surface area contributed by atoms with Crippen LogP contribution in [-0.4, -0.2) is 23.3 Å². The third-order valence-corrected chi connectivity index (χ3v) is 7.60. The fourth-order valence-corrected chi connectivity index (χ4v) is 5.53. The second-order valence-electron chi connectivity index (χ2n) is 9.65. The number of ether oxygens (including phenoxy) is 3. The van der Waals surface area contributed by atoms with Crippen molar-refractivity contribution in [2.24, 2.45) is 0 Å². The molecule has 2 N–H and O–H groups in total. The summed E-state index contributed by atoms with van der Waals surface area (Å²) >= 11 is 0.964. The van der Waals surface area contributed by atoms with E-state index < -0.39 is 0 Å². The van der Waals surface area contributed by atoms with Crippen molar-refractivity contribution in [2.45, 2.75) is 26.2 Å². The summed E-state index contributed by atoms with van der Waals surface area (Å²) in [5.41, 5.74) is 3.52. The Morgan fingerprint density at radius 3 is 2.49 bits per heavy atom. The largest absolute Gasteiger partial charge is 0.493 e. The van der Waals surface area contributed by atoms with Crippen molar-refractivity contribution in [3.8, 4) is 39.3 Å². The Bertz CT molecular complexity index is 1870. The number of furan rings is 1. The Hall–Kier alpha value is -4.69. The number of aromatic amines is 1. The number of benzene rings is 4. The van der Waals surface area contributed by atoms with Gasteiger partial charge in [0.05, 0.1) is 18.1 Å². The third-order valence-electron chi connectivity index (χ3n) is 6.68. The monoisotopic (exact) mass is 567 g/mol. The van der Waals surface area contributed by atoms with Gasteiger partial charge in [-0.05, 0) is 66.6 Å². The van der Waals surface area contributed by atoms with Crippen LogP contribution in [0.1, 0.15) is 25.3 Å². The molecular weight excluding hydrogens is 538 g/mol. The van der Waals surface area contributed by atoms with Crippen LogP contribution in [0.25, 0.3) is 32.4 Å². The van der Waals surface area contributed by atoms with Crippen molar-refractivity contribution in [1.82, 2.24) is 4.98 Å². The van der Waals surface area contributed by atoms with E-state index in [0.717, 1.165) is 74.5 Å². The number of hydrogen-bond acceptors (Lipinski definition) is 7. The molecule has 0 bridgehead atoms. The van der Waals surface area contributed by atoms with Crippen LogP contribution >= 0.6 is 11.3 Å². The normalized spacial score (nSPS) is 11.2. The number of fused-ring (bicyclic) bond motifs is 3. The number of aromatic nitrogens is 1. The van der Waals surface area contributed by atoms with E-state index in [1.807, 2.05) is 78.9 Å². The first kappa shape index (κ1) is 26.5. The summed E-state index contributed by atoms with van der Waals surface area (Å²) in [5, 5.41) is 12.0. The molecule has 0 aliphatic heterocycles. The average Bonchev–Trinajstić information content (AvgIpc) is 3.52. The molecule has 0 amide bonds. The van der Waals surface area contributed by atoms with E-state index in [-0.39, 0.29) is 10.8 Å². The molecular formula is C33H29NO6S. The second-order valence-corrected chi connectivity index (χ2v) is 10.6. The zero-order valence-electron chi connectivity index (χ0n) is 22.5. The first-order chi connectivity index (χ1) is 20.1. The van der Waals surface area contributed by atoms with E-state index in [2.05, 4.69) is 18.0 Å². The average molecular weight is 568 g/mol. The minimum absolute atomic E-state index is 0.127. The lowest BCUT2D eigenvalue weighted by Crippen LogP contribution is -2.06. The number of aryl methyl sites for hydroxylation is 1. The van der Waals surface area contributed by atoms with Gasteiger partial charge in [0, 0.05) is 22.8 Å². The fourth-order valence-electron chi connectivity index (χ4n) is 4.80. The summed E-state index contributed by atoms with van der Waals surface area (Å²) in [6, 6.07) is 27.1. The molecule has 4 aromatic carbocycles. The lowest BCUT2D eigenvalue weighted by molar-refractivity contribution is 0.246. The summed E-state index contributed by atoms with van der Waals surface area (Å²) < 4.78 is 24.2. The van der Waals surface area contributed by atoms with Crippen molar-refractivity contribution in [2.75, 3.05) is 13.2 Å². The topological polar surface area (TPSA) is 93.9 Å². The summed E-state index contributed by atoms with van der Waals surface area (Å²) in [4.78, 5) is 14.1. The minimum atomic E-state index is -0.299. The van der Waals surface area contributed by atoms with Crippen molar-refractivity contribution >= 4 is 33.3 Å². The highest BCUT2D eigenvalue weighted by atomic mass is 32.1. The van der Waals surface area contributed by atoms with Gasteiger partial charge in [0.2, 0.25) is 5.88 Å². The van der Waals surface area contributed by atoms with Gasteiger partial charge in [-0.25, -0.2) is 0 Å². The van der Waals surface area contributed by atoms with Crippen molar-refractivity contribution < 1.29 is 23.7 Å². The molecule has 0 atom stereocenters. The van der Waals surface area contributed by atoms with Crippen LogP contribution in [0.15, 0.2) is 94.1 Å². The maximum absolute atomic E-state index is 11.5. The maximum atomic E-state index is 11.5. The van der Waals surface area contributed by atoms with Gasteiger partial charge in [-0.3, -0.25) is 9.78 Å². The number of H-pyrrole nitrogens is 1. The molecule has 0 radical (unpaired) electrons. The van der Waals surface area contributed by atoms with Crippen LogP contribution in [0.4, 0.5) is 0 Å². The number of aromatic hydroxyl groups is 1. The third kappa shape index (κ3) is 5.93. The zero-order chi connectivity index (χ0) is 28.2. The molecule has 2 aromatic heterocycles. The molecule has 0 aliphatic carbocycles. The Kier molecular flexibility index (Phi) is 7.65. The van der Waals surface area contributed by atoms with Crippen LogP contribution in [0, 0.1) is 0 Å². The van der Waals surface area contributed by atoms with Gasteiger partial charge >= 0.3 is 4.87 Å². The van der Waals surface area contributed by atoms with Gasteiger partial charge in [0.15, 0.2) is 0 Å². The first-order valence-corrected chi connectivity index (χ1v) is 14.4. The van der Waals surface area contributed by atoms with Crippen LogP contribution in [0.3, 0.4) is 0 Å². The predicted octanol–water partition coefficient (Wildman–Crippen LogP) is 8.30. The van der Waals surface area contributed by atoms with E-state index in [1.165, 1.54) is 0 Å². The number of thiazole rings is 1. The second kappa shape index (κ2) is 11.8. The van der Waals surface area contributed by atoms with E-state index in [4.69, 9.17) is 18.6 Å². The van der Waals surface area contributed by atoms with Gasteiger partial charge in [-0.2, -0.15) is 0 Å². The molecule has 0 fully saturated rings. The van der Waals surface area contributed by atoms with E-state index in [0.29, 0.717) is 30.3 Å². The predicted molar refractivity (Wildman–Crippen MR) is 162 cm³/mol. The molecule has 0 spiro atoms. The SMILES string of the molecule is CCCc1cc(Oc2ccc3oc4ccccc4c3c2)ccc1OCCCOc1cccc(-c2sc(=O)[nH]c2O)c1. The lowest BCUT2D eigenvalue weighted by atomic mass is 10.1. The molecule has 0 saturated carbocycles. The summed E-state index contributed by atoms with van der Waals surface area (Å²) in [5.74, 6) is 2.89. The van der Waals surface area contributed by atoms with E-state index >= 15 is 0 Å². The van der Waals surface area contributed by atoms with Gasteiger partial charge in [0.25, 0.3) is 0 Å². The van der Waals surface area contributed by atoms with Gasteiger partial charge < -0.3 is 23.7 Å². The van der Waals surface area contributed by atoms with Crippen molar-refractivity contribution in [3.63, 3.8) is 0 Å². The smallest absolute Gasteiger partial charge is 0.307 e. The Labute approximate surface area is 240 Å².